The van der Waals surface area contributed by atoms with Crippen LogP contribution in [0.5, 0.6) is 5.75 Å². The van der Waals surface area contributed by atoms with E-state index in [-0.39, 0.29) is 11.9 Å². The van der Waals surface area contributed by atoms with Crippen molar-refractivity contribution in [2.24, 2.45) is 5.73 Å². The predicted octanol–water partition coefficient (Wildman–Crippen LogP) is 3.91. The molecule has 0 heterocycles. The van der Waals surface area contributed by atoms with Gasteiger partial charge in [-0.05, 0) is 48.7 Å². The van der Waals surface area contributed by atoms with E-state index >= 15 is 0 Å². The second kappa shape index (κ2) is 8.71. The highest BCUT2D eigenvalue weighted by molar-refractivity contribution is 5.96. The minimum absolute atomic E-state index is 0.0358. The largest absolute Gasteiger partial charge is 0.496 e. The molecule has 0 aromatic heterocycles. The van der Waals surface area contributed by atoms with E-state index in [9.17, 15) is 9.59 Å². The zero-order chi connectivity index (χ0) is 19.2. The lowest BCUT2D eigenvalue weighted by Gasteiger charge is -2.16. The van der Waals surface area contributed by atoms with Crippen LogP contribution < -0.4 is 15.8 Å². The van der Waals surface area contributed by atoms with Gasteiger partial charge in [0.05, 0.1) is 7.11 Å². The molecule has 0 saturated heterocycles. The van der Waals surface area contributed by atoms with Gasteiger partial charge in [0.15, 0.2) is 0 Å². The summed E-state index contributed by atoms with van der Waals surface area (Å²) in [6.45, 7) is 0. The third kappa shape index (κ3) is 4.67. The zero-order valence-electron chi connectivity index (χ0n) is 15.7. The third-order valence-corrected chi connectivity index (χ3v) is 5.13. The molecule has 0 atom stereocenters. The van der Waals surface area contributed by atoms with Crippen LogP contribution in [0, 0.1) is 0 Å². The maximum atomic E-state index is 12.5. The van der Waals surface area contributed by atoms with Crippen molar-refractivity contribution in [3.8, 4) is 16.9 Å². The average molecular weight is 366 g/mol. The lowest BCUT2D eigenvalue weighted by molar-refractivity contribution is 0.0932. The number of rotatable bonds is 5. The Bertz CT molecular complexity index is 807. The number of hydrogen-bond donors (Lipinski definition) is 2. The summed E-state index contributed by atoms with van der Waals surface area (Å²) >= 11 is 0. The molecule has 5 nitrogen and oxygen atoms in total. The molecule has 1 saturated carbocycles. The highest BCUT2D eigenvalue weighted by atomic mass is 16.5. The van der Waals surface area contributed by atoms with Gasteiger partial charge in [0.2, 0.25) is 5.91 Å². The average Bonchev–Trinajstić information content (AvgIpc) is 2.96. The minimum Gasteiger partial charge on any atom is -0.496 e. The van der Waals surface area contributed by atoms with Crippen molar-refractivity contribution in [3.63, 3.8) is 0 Å². The number of carbonyl (C=O) groups excluding carboxylic acids is 2. The van der Waals surface area contributed by atoms with Gasteiger partial charge in [0, 0.05) is 22.7 Å². The first kappa shape index (κ1) is 19.0. The summed E-state index contributed by atoms with van der Waals surface area (Å²) in [4.78, 5) is 24.0. The van der Waals surface area contributed by atoms with Gasteiger partial charge in [-0.25, -0.2) is 0 Å². The maximum absolute atomic E-state index is 12.5. The van der Waals surface area contributed by atoms with Gasteiger partial charge in [-0.1, -0.05) is 37.8 Å². The van der Waals surface area contributed by atoms with E-state index in [1.807, 2.05) is 12.1 Å². The number of methoxy groups -OCH3 is 1. The first-order valence-corrected chi connectivity index (χ1v) is 9.47. The molecule has 0 radical (unpaired) electrons. The van der Waals surface area contributed by atoms with Crippen molar-refractivity contribution < 1.29 is 14.3 Å². The summed E-state index contributed by atoms with van der Waals surface area (Å²) in [6, 6.07) is 12.7. The van der Waals surface area contributed by atoms with Crippen LogP contribution in [0.1, 0.15) is 59.2 Å². The molecule has 27 heavy (non-hydrogen) atoms. The van der Waals surface area contributed by atoms with Gasteiger partial charge in [-0.3, -0.25) is 9.59 Å². The molecule has 2 amide bonds. The lowest BCUT2D eigenvalue weighted by atomic mass is 10.00. The lowest BCUT2D eigenvalue weighted by Crippen LogP contribution is -2.34. The third-order valence-electron chi connectivity index (χ3n) is 5.13. The fourth-order valence-corrected chi connectivity index (χ4v) is 3.58. The number of primary amides is 1. The highest BCUT2D eigenvalue weighted by Gasteiger charge is 2.16. The Morgan fingerprint density at radius 1 is 0.963 bits per heavy atom. The van der Waals surface area contributed by atoms with Gasteiger partial charge in [0.1, 0.15) is 5.75 Å². The van der Waals surface area contributed by atoms with Crippen LogP contribution in [-0.2, 0) is 0 Å². The topological polar surface area (TPSA) is 81.4 Å². The number of carbonyl (C=O) groups is 2. The van der Waals surface area contributed by atoms with E-state index in [1.165, 1.54) is 25.7 Å². The van der Waals surface area contributed by atoms with E-state index in [1.54, 1.807) is 37.4 Å². The molecule has 142 valence electrons. The summed E-state index contributed by atoms with van der Waals surface area (Å²) in [5, 5.41) is 3.16. The SMILES string of the molecule is COc1ccc(C(N)=O)cc1-c1ccc(C(=O)NC2CCCCCC2)cc1. The Hall–Kier alpha value is -2.82. The Kier molecular flexibility index (Phi) is 6.12. The molecule has 2 aromatic rings. The van der Waals surface area contributed by atoms with Crippen LogP contribution in [0.25, 0.3) is 11.1 Å². The number of ether oxygens (including phenoxy) is 1. The van der Waals surface area contributed by atoms with Crippen LogP contribution in [0.4, 0.5) is 0 Å². The zero-order valence-corrected chi connectivity index (χ0v) is 15.7. The Balaban J connectivity index is 1.77. The van der Waals surface area contributed by atoms with Gasteiger partial charge in [-0.2, -0.15) is 0 Å². The van der Waals surface area contributed by atoms with E-state index < -0.39 is 5.91 Å². The fourth-order valence-electron chi connectivity index (χ4n) is 3.58. The second-order valence-electron chi connectivity index (χ2n) is 7.02. The molecule has 1 fully saturated rings. The molecule has 3 rings (SSSR count). The number of amides is 2. The summed E-state index contributed by atoms with van der Waals surface area (Å²) in [6.07, 6.45) is 6.99. The van der Waals surface area contributed by atoms with Crippen LogP contribution in [0.2, 0.25) is 0 Å². The molecule has 2 aromatic carbocycles. The first-order valence-electron chi connectivity index (χ1n) is 9.47. The van der Waals surface area contributed by atoms with Crippen LogP contribution in [-0.4, -0.2) is 25.0 Å². The van der Waals surface area contributed by atoms with Gasteiger partial charge < -0.3 is 15.8 Å². The Morgan fingerprint density at radius 3 is 2.19 bits per heavy atom. The summed E-state index contributed by atoms with van der Waals surface area (Å²) in [7, 11) is 1.58. The van der Waals surface area contributed by atoms with Crippen LogP contribution >= 0.6 is 0 Å². The van der Waals surface area contributed by atoms with Gasteiger partial charge in [-0.15, -0.1) is 0 Å². The highest BCUT2D eigenvalue weighted by Crippen LogP contribution is 2.31. The maximum Gasteiger partial charge on any atom is 0.251 e. The molecule has 0 bridgehead atoms. The summed E-state index contributed by atoms with van der Waals surface area (Å²) in [5.41, 5.74) is 8.06. The standard InChI is InChI=1S/C22H26N2O3/c1-27-20-13-12-17(21(23)25)14-19(20)15-8-10-16(11-9-15)22(26)24-18-6-4-2-3-5-7-18/h8-14,18H,2-7H2,1H3,(H2,23,25)(H,24,26). The van der Waals surface area contributed by atoms with Crippen LogP contribution in [0.3, 0.4) is 0 Å². The van der Waals surface area contributed by atoms with E-state index in [4.69, 9.17) is 10.5 Å². The van der Waals surface area contributed by atoms with E-state index in [0.717, 1.165) is 24.0 Å². The molecular weight excluding hydrogens is 340 g/mol. The fraction of sp³-hybridized carbons (Fsp3) is 0.364. The normalized spacial score (nSPS) is 15.0. The van der Waals surface area contributed by atoms with E-state index in [0.29, 0.717) is 16.9 Å². The molecule has 1 aliphatic rings. The molecule has 1 aliphatic carbocycles. The smallest absolute Gasteiger partial charge is 0.251 e. The van der Waals surface area contributed by atoms with Crippen molar-refractivity contribution in [1.82, 2.24) is 5.32 Å². The molecular formula is C22H26N2O3. The predicted molar refractivity (Wildman–Crippen MR) is 106 cm³/mol. The summed E-state index contributed by atoms with van der Waals surface area (Å²) in [5.74, 6) is 0.125. The van der Waals surface area contributed by atoms with Crippen molar-refractivity contribution in [1.29, 1.82) is 0 Å². The summed E-state index contributed by atoms with van der Waals surface area (Å²) < 4.78 is 5.39. The first-order chi connectivity index (χ1) is 13.1. The van der Waals surface area contributed by atoms with Crippen LogP contribution in [0.15, 0.2) is 42.5 Å². The van der Waals surface area contributed by atoms with Crippen molar-refractivity contribution in [3.05, 3.63) is 53.6 Å². The minimum atomic E-state index is -0.488. The monoisotopic (exact) mass is 366 g/mol. The number of benzene rings is 2. The quantitative estimate of drug-likeness (QED) is 0.787. The van der Waals surface area contributed by atoms with Crippen molar-refractivity contribution >= 4 is 11.8 Å². The van der Waals surface area contributed by atoms with Crippen molar-refractivity contribution in [2.45, 2.75) is 44.6 Å². The Morgan fingerprint density at radius 2 is 1.59 bits per heavy atom. The second-order valence-corrected chi connectivity index (χ2v) is 7.02. The van der Waals surface area contributed by atoms with E-state index in [2.05, 4.69) is 5.32 Å². The van der Waals surface area contributed by atoms with Crippen molar-refractivity contribution in [2.75, 3.05) is 7.11 Å². The molecule has 3 N–H and O–H groups in total. The number of nitrogens with two attached hydrogens (primary N) is 1. The Labute approximate surface area is 159 Å². The molecule has 0 unspecified atom stereocenters. The molecule has 5 heteroatoms. The molecule has 0 spiro atoms. The number of hydrogen-bond acceptors (Lipinski definition) is 3. The van der Waals surface area contributed by atoms with Gasteiger partial charge in [0.25, 0.3) is 5.91 Å². The van der Waals surface area contributed by atoms with Gasteiger partial charge >= 0.3 is 0 Å². The molecule has 0 aliphatic heterocycles. The number of nitrogens with one attached hydrogen (secondary N) is 1.